The van der Waals surface area contributed by atoms with Crippen molar-refractivity contribution in [1.82, 2.24) is 14.5 Å². The minimum Gasteiger partial charge on any atom is -0.381 e. The highest BCUT2D eigenvalue weighted by molar-refractivity contribution is 7.89. The second-order valence-corrected chi connectivity index (χ2v) is 6.28. The number of hydrogen-bond acceptors (Lipinski definition) is 4. The molecule has 1 aromatic carbocycles. The van der Waals surface area contributed by atoms with E-state index in [0.29, 0.717) is 6.54 Å². The maximum Gasteiger partial charge on any atom is 0.246 e. The summed E-state index contributed by atoms with van der Waals surface area (Å²) in [4.78, 5) is -0.104. The minimum atomic E-state index is -3.87. The quantitative estimate of drug-likeness (QED) is 0.878. The van der Waals surface area contributed by atoms with Crippen LogP contribution < -0.4 is 10.5 Å². The molecule has 21 heavy (non-hydrogen) atoms. The summed E-state index contributed by atoms with van der Waals surface area (Å²) < 4.78 is 42.1. The Hall–Kier alpha value is -1.93. The number of benzene rings is 1. The van der Waals surface area contributed by atoms with Gasteiger partial charge in [-0.25, -0.2) is 17.5 Å². The van der Waals surface area contributed by atoms with Gasteiger partial charge < -0.3 is 5.73 Å². The first-order chi connectivity index (χ1) is 9.85. The Morgan fingerprint density at radius 3 is 2.67 bits per heavy atom. The summed E-state index contributed by atoms with van der Waals surface area (Å²) in [6.07, 6.45) is 1.35. The van der Waals surface area contributed by atoms with Crippen molar-refractivity contribution in [3.8, 4) is 0 Å². The van der Waals surface area contributed by atoms with Crippen molar-refractivity contribution in [2.75, 3.05) is 5.73 Å². The third-order valence-corrected chi connectivity index (χ3v) is 4.63. The second kappa shape index (κ2) is 5.82. The Balaban J connectivity index is 2.29. The molecule has 6 nitrogen and oxygen atoms in total. The van der Waals surface area contributed by atoms with Gasteiger partial charge in [0.05, 0.1) is 0 Å². The van der Waals surface area contributed by atoms with Gasteiger partial charge in [0.2, 0.25) is 10.0 Å². The van der Waals surface area contributed by atoms with Gasteiger partial charge >= 0.3 is 0 Å². The number of sulfonamides is 1. The lowest BCUT2D eigenvalue weighted by molar-refractivity contribution is 0.550. The van der Waals surface area contributed by atoms with Gasteiger partial charge in [-0.05, 0) is 19.9 Å². The summed E-state index contributed by atoms with van der Waals surface area (Å²) in [5, 5.41) is 3.89. The zero-order valence-corrected chi connectivity index (χ0v) is 12.6. The van der Waals surface area contributed by atoms with Crippen molar-refractivity contribution < 1.29 is 12.8 Å². The van der Waals surface area contributed by atoms with Crippen LogP contribution in [0.3, 0.4) is 0 Å². The van der Waals surface area contributed by atoms with Gasteiger partial charge in [0.1, 0.15) is 10.7 Å². The number of nitrogen functional groups attached to an aromatic ring is 1. The molecular formula is C13H17FN4O2S. The van der Waals surface area contributed by atoms with Crippen LogP contribution in [-0.4, -0.2) is 18.2 Å². The summed E-state index contributed by atoms with van der Waals surface area (Å²) in [5.74, 6) is -0.546. The van der Waals surface area contributed by atoms with E-state index in [1.807, 2.05) is 6.92 Å². The monoisotopic (exact) mass is 312 g/mol. The molecule has 0 saturated heterocycles. The fourth-order valence-electron chi connectivity index (χ4n) is 1.97. The van der Waals surface area contributed by atoms with E-state index in [1.54, 1.807) is 19.1 Å². The van der Waals surface area contributed by atoms with Gasteiger partial charge in [0.15, 0.2) is 5.82 Å². The second-order valence-electron chi connectivity index (χ2n) is 4.60. The van der Waals surface area contributed by atoms with Gasteiger partial charge in [-0.3, -0.25) is 4.68 Å². The van der Waals surface area contributed by atoms with Crippen LogP contribution in [-0.2, 0) is 16.6 Å². The van der Waals surface area contributed by atoms with Crippen molar-refractivity contribution in [3.63, 3.8) is 0 Å². The van der Waals surface area contributed by atoms with Crippen LogP contribution in [0.15, 0.2) is 35.4 Å². The molecule has 0 fully saturated rings. The number of hydrogen-bond donors (Lipinski definition) is 2. The zero-order chi connectivity index (χ0) is 15.6. The predicted molar refractivity (Wildman–Crippen MR) is 77.4 cm³/mol. The van der Waals surface area contributed by atoms with Crippen LogP contribution in [0.2, 0.25) is 0 Å². The molecule has 0 aliphatic heterocycles. The van der Waals surface area contributed by atoms with Gasteiger partial charge in [-0.15, -0.1) is 0 Å². The lowest BCUT2D eigenvalue weighted by atomic mass is 10.1. The first-order valence-corrected chi connectivity index (χ1v) is 7.93. The van der Waals surface area contributed by atoms with E-state index < -0.39 is 21.9 Å². The molecule has 1 atom stereocenters. The molecule has 114 valence electrons. The molecule has 0 aliphatic rings. The third kappa shape index (κ3) is 3.22. The van der Waals surface area contributed by atoms with Crippen LogP contribution in [0.5, 0.6) is 0 Å². The molecule has 0 saturated carbocycles. The SMILES string of the molecule is CCn1cc(S(=O)(=O)NC(C)c2ccccc2F)c(N)n1. The summed E-state index contributed by atoms with van der Waals surface area (Å²) in [5.41, 5.74) is 5.89. The summed E-state index contributed by atoms with van der Waals surface area (Å²) in [6, 6.07) is 5.28. The topological polar surface area (TPSA) is 90.0 Å². The Morgan fingerprint density at radius 1 is 1.43 bits per heavy atom. The number of anilines is 1. The summed E-state index contributed by atoms with van der Waals surface area (Å²) in [7, 11) is -3.87. The van der Waals surface area contributed by atoms with Crippen LogP contribution in [0, 0.1) is 5.82 Å². The van der Waals surface area contributed by atoms with Gasteiger partial charge in [-0.1, -0.05) is 18.2 Å². The number of rotatable bonds is 5. The van der Waals surface area contributed by atoms with Gasteiger partial charge in [0, 0.05) is 24.3 Å². The highest BCUT2D eigenvalue weighted by Gasteiger charge is 2.24. The van der Waals surface area contributed by atoms with Crippen LogP contribution in [0.1, 0.15) is 25.5 Å². The normalized spacial score (nSPS) is 13.3. The molecule has 3 N–H and O–H groups in total. The van der Waals surface area contributed by atoms with E-state index in [9.17, 15) is 12.8 Å². The van der Waals surface area contributed by atoms with Gasteiger partial charge in [0.25, 0.3) is 0 Å². The van der Waals surface area contributed by atoms with E-state index in [-0.39, 0.29) is 16.3 Å². The van der Waals surface area contributed by atoms with Crippen molar-refractivity contribution in [2.45, 2.75) is 31.3 Å². The molecule has 0 amide bonds. The molecule has 0 radical (unpaired) electrons. The lowest BCUT2D eigenvalue weighted by Gasteiger charge is -2.14. The number of aromatic nitrogens is 2. The molecule has 1 unspecified atom stereocenters. The van der Waals surface area contributed by atoms with Crippen LogP contribution in [0.4, 0.5) is 10.2 Å². The van der Waals surface area contributed by atoms with Crippen molar-refractivity contribution >= 4 is 15.8 Å². The Labute approximate surface area is 122 Å². The molecular weight excluding hydrogens is 295 g/mol. The zero-order valence-electron chi connectivity index (χ0n) is 11.7. The van der Waals surface area contributed by atoms with E-state index in [0.717, 1.165) is 0 Å². The highest BCUT2D eigenvalue weighted by atomic mass is 32.2. The molecule has 8 heteroatoms. The third-order valence-electron chi connectivity index (χ3n) is 3.07. The molecule has 0 spiro atoms. The average molecular weight is 312 g/mol. The largest absolute Gasteiger partial charge is 0.381 e. The molecule has 0 aliphatic carbocycles. The van der Waals surface area contributed by atoms with Crippen molar-refractivity contribution in [2.24, 2.45) is 0 Å². The van der Waals surface area contributed by atoms with Gasteiger partial charge in [-0.2, -0.15) is 5.10 Å². The smallest absolute Gasteiger partial charge is 0.246 e. The first-order valence-electron chi connectivity index (χ1n) is 6.45. The number of aryl methyl sites for hydroxylation is 1. The molecule has 1 aromatic heterocycles. The predicted octanol–water partition coefficient (Wildman–Crippen LogP) is 1.66. The summed E-state index contributed by atoms with van der Waals surface area (Å²) in [6.45, 7) is 3.89. The number of nitrogens with zero attached hydrogens (tertiary/aromatic N) is 2. The molecule has 2 aromatic rings. The van der Waals surface area contributed by atoms with Crippen molar-refractivity contribution in [1.29, 1.82) is 0 Å². The van der Waals surface area contributed by atoms with E-state index in [1.165, 1.54) is 23.0 Å². The summed E-state index contributed by atoms with van der Waals surface area (Å²) >= 11 is 0. The fourth-order valence-corrected chi connectivity index (χ4v) is 3.27. The number of halogens is 1. The maximum atomic E-state index is 13.7. The Kier molecular flexibility index (Phi) is 4.29. The van der Waals surface area contributed by atoms with Crippen LogP contribution in [0.25, 0.3) is 0 Å². The number of nitrogens with one attached hydrogen (secondary N) is 1. The van der Waals surface area contributed by atoms with E-state index >= 15 is 0 Å². The Morgan fingerprint density at radius 2 is 2.10 bits per heavy atom. The van der Waals surface area contributed by atoms with E-state index in [4.69, 9.17) is 5.73 Å². The fraction of sp³-hybridized carbons (Fsp3) is 0.308. The van der Waals surface area contributed by atoms with E-state index in [2.05, 4.69) is 9.82 Å². The first kappa shape index (κ1) is 15.5. The average Bonchev–Trinajstić information content (AvgIpc) is 2.81. The Bertz CT molecular complexity index is 742. The van der Waals surface area contributed by atoms with Crippen LogP contribution >= 0.6 is 0 Å². The molecule has 2 rings (SSSR count). The lowest BCUT2D eigenvalue weighted by Crippen LogP contribution is -2.27. The minimum absolute atomic E-state index is 0.0786. The number of nitrogens with two attached hydrogens (primary N) is 1. The highest BCUT2D eigenvalue weighted by Crippen LogP contribution is 2.21. The molecule has 0 bridgehead atoms. The molecule has 1 heterocycles. The van der Waals surface area contributed by atoms with Crippen molar-refractivity contribution in [3.05, 3.63) is 41.8 Å². The maximum absolute atomic E-state index is 13.7. The standard InChI is InChI=1S/C13H17FN4O2S/c1-3-18-8-12(13(15)16-18)21(19,20)17-9(2)10-6-4-5-7-11(10)14/h4-9,17H,3H2,1-2H3,(H2,15,16).